The number of carbonyl (C=O) groups excluding carboxylic acids is 2. The summed E-state index contributed by atoms with van der Waals surface area (Å²) in [5, 5.41) is 22.1. The van der Waals surface area contributed by atoms with Gasteiger partial charge in [0.1, 0.15) is 12.1 Å². The zero-order valence-electron chi connectivity index (χ0n) is 9.40. The molecule has 7 nitrogen and oxygen atoms in total. The van der Waals surface area contributed by atoms with E-state index in [9.17, 15) is 9.59 Å². The Bertz CT molecular complexity index is 230. The zero-order valence-corrected chi connectivity index (χ0v) is 9.40. The van der Waals surface area contributed by atoms with E-state index in [4.69, 9.17) is 10.2 Å². The normalized spacial score (nSPS) is 12.1. The summed E-state index contributed by atoms with van der Waals surface area (Å²) in [6, 6.07) is -0.685. The van der Waals surface area contributed by atoms with Crippen LogP contribution in [0.4, 0.5) is 4.79 Å². The molecule has 0 radical (unpaired) electrons. The minimum atomic E-state index is -0.970. The second-order valence-corrected chi connectivity index (χ2v) is 3.11. The molecule has 0 saturated carbocycles. The minimum Gasteiger partial charge on any atom is -0.441 e. The quantitative estimate of drug-likeness (QED) is 0.451. The minimum absolute atomic E-state index is 0.330. The Morgan fingerprint density at radius 2 is 1.88 bits per heavy atom. The molecule has 0 spiro atoms. The number of hydrogen-bond donors (Lipinski definition) is 4. The fraction of sp³-hybridized carbons (Fsp3) is 0.778. The lowest BCUT2D eigenvalue weighted by Gasteiger charge is -2.18. The van der Waals surface area contributed by atoms with Crippen LogP contribution in [-0.4, -0.2) is 54.6 Å². The Morgan fingerprint density at radius 1 is 1.31 bits per heavy atom. The lowest BCUT2D eigenvalue weighted by Crippen LogP contribution is -2.46. The number of alkyl carbamates (subject to hydrolysis) is 1. The fourth-order valence-electron chi connectivity index (χ4n) is 0.987. The van der Waals surface area contributed by atoms with E-state index in [0.717, 1.165) is 0 Å². The van der Waals surface area contributed by atoms with E-state index in [1.807, 2.05) is 0 Å². The van der Waals surface area contributed by atoms with Gasteiger partial charge in [-0.2, -0.15) is 0 Å². The second-order valence-electron chi connectivity index (χ2n) is 3.11. The van der Waals surface area contributed by atoms with Crippen molar-refractivity contribution in [2.75, 3.05) is 20.3 Å². The van der Waals surface area contributed by atoms with Crippen molar-refractivity contribution in [3.63, 3.8) is 0 Å². The van der Waals surface area contributed by atoms with Crippen molar-refractivity contribution in [2.24, 2.45) is 0 Å². The van der Waals surface area contributed by atoms with Crippen LogP contribution < -0.4 is 10.6 Å². The number of likely N-dealkylation sites (N-methyl/N-ethyl adjacent to an activating group) is 1. The second kappa shape index (κ2) is 7.89. The van der Waals surface area contributed by atoms with E-state index in [1.165, 1.54) is 7.05 Å². The van der Waals surface area contributed by atoms with Crippen molar-refractivity contribution in [1.82, 2.24) is 10.6 Å². The van der Waals surface area contributed by atoms with Crippen LogP contribution in [0, 0.1) is 0 Å². The van der Waals surface area contributed by atoms with Gasteiger partial charge in [0.2, 0.25) is 5.91 Å². The molecule has 1 unspecified atom stereocenters. The summed E-state index contributed by atoms with van der Waals surface area (Å²) in [6.45, 7) is 0.789. The van der Waals surface area contributed by atoms with Gasteiger partial charge in [-0.1, -0.05) is 6.92 Å². The average Bonchev–Trinajstić information content (AvgIpc) is 2.31. The smallest absolute Gasteiger partial charge is 0.408 e. The highest BCUT2D eigenvalue weighted by atomic mass is 16.6. The van der Waals surface area contributed by atoms with Crippen LogP contribution in [0.3, 0.4) is 0 Å². The first-order valence-corrected chi connectivity index (χ1v) is 4.99. The molecule has 1 atom stereocenters. The molecule has 0 rings (SSSR count). The molecule has 0 aromatic carbocycles. The van der Waals surface area contributed by atoms with Crippen molar-refractivity contribution in [1.29, 1.82) is 0 Å². The molecular formula is C9H18N2O5. The molecule has 0 aromatic heterocycles. The molecular weight excluding hydrogens is 216 g/mol. The summed E-state index contributed by atoms with van der Waals surface area (Å²) in [7, 11) is 1.46. The van der Waals surface area contributed by atoms with Gasteiger partial charge >= 0.3 is 6.09 Å². The molecule has 0 aliphatic carbocycles. The third-order valence-corrected chi connectivity index (χ3v) is 1.94. The summed E-state index contributed by atoms with van der Waals surface area (Å²) in [4.78, 5) is 22.4. The summed E-state index contributed by atoms with van der Waals surface area (Å²) in [5.41, 5.74) is 0. The van der Waals surface area contributed by atoms with E-state index in [-0.39, 0.29) is 5.91 Å². The van der Waals surface area contributed by atoms with Gasteiger partial charge in [0.05, 0.1) is 13.2 Å². The molecule has 0 aliphatic rings. The first-order valence-electron chi connectivity index (χ1n) is 4.99. The third-order valence-electron chi connectivity index (χ3n) is 1.94. The van der Waals surface area contributed by atoms with Gasteiger partial charge in [-0.05, 0) is 6.42 Å². The van der Waals surface area contributed by atoms with Gasteiger partial charge in [-0.3, -0.25) is 4.79 Å². The summed E-state index contributed by atoms with van der Waals surface area (Å²) in [6.07, 6.45) is -1.40. The molecule has 0 heterocycles. The molecule has 0 aliphatic heterocycles. The molecule has 4 N–H and O–H groups in total. The van der Waals surface area contributed by atoms with Crippen LogP contribution in [0.5, 0.6) is 0 Å². The summed E-state index contributed by atoms with van der Waals surface area (Å²) >= 11 is 0. The number of hydrogen-bond acceptors (Lipinski definition) is 5. The molecule has 16 heavy (non-hydrogen) atoms. The van der Waals surface area contributed by atoms with Crippen LogP contribution in [0.15, 0.2) is 0 Å². The Labute approximate surface area is 93.8 Å². The van der Waals surface area contributed by atoms with Crippen LogP contribution in [0.2, 0.25) is 0 Å². The van der Waals surface area contributed by atoms with Gasteiger partial charge in [0, 0.05) is 7.05 Å². The van der Waals surface area contributed by atoms with E-state index >= 15 is 0 Å². The first kappa shape index (κ1) is 14.7. The molecule has 0 aromatic rings. The number of ether oxygens (including phenoxy) is 1. The van der Waals surface area contributed by atoms with Gasteiger partial charge in [-0.25, -0.2) is 4.79 Å². The topological polar surface area (TPSA) is 108 Å². The maximum Gasteiger partial charge on any atom is 0.408 e. The SMILES string of the molecule is CCC(NC(=O)OC(CO)CO)C(=O)NC. The zero-order chi connectivity index (χ0) is 12.6. The Morgan fingerprint density at radius 3 is 2.25 bits per heavy atom. The van der Waals surface area contributed by atoms with E-state index < -0.39 is 31.5 Å². The fourth-order valence-corrected chi connectivity index (χ4v) is 0.987. The first-order chi connectivity index (χ1) is 7.58. The Kier molecular flexibility index (Phi) is 7.23. The Balaban J connectivity index is 4.15. The van der Waals surface area contributed by atoms with Crippen LogP contribution >= 0.6 is 0 Å². The van der Waals surface area contributed by atoms with Crippen molar-refractivity contribution < 1.29 is 24.5 Å². The predicted molar refractivity (Wildman–Crippen MR) is 55.7 cm³/mol. The molecule has 0 bridgehead atoms. The number of amides is 2. The molecule has 2 amide bonds. The van der Waals surface area contributed by atoms with Crippen molar-refractivity contribution in [2.45, 2.75) is 25.5 Å². The standard InChI is InChI=1S/C9H18N2O5/c1-3-7(8(14)10-2)11-9(15)16-6(4-12)5-13/h6-7,12-13H,3-5H2,1-2H3,(H,10,14)(H,11,15). The molecule has 0 saturated heterocycles. The summed E-state index contributed by atoms with van der Waals surface area (Å²) < 4.78 is 4.65. The van der Waals surface area contributed by atoms with Crippen LogP contribution in [0.1, 0.15) is 13.3 Å². The number of rotatable bonds is 6. The Hall–Kier alpha value is -1.34. The molecule has 94 valence electrons. The molecule has 7 heteroatoms. The van der Waals surface area contributed by atoms with Crippen LogP contribution in [-0.2, 0) is 9.53 Å². The highest BCUT2D eigenvalue weighted by molar-refractivity contribution is 5.85. The monoisotopic (exact) mass is 234 g/mol. The maximum atomic E-state index is 11.2. The van der Waals surface area contributed by atoms with E-state index in [1.54, 1.807) is 6.92 Å². The van der Waals surface area contributed by atoms with Crippen LogP contribution in [0.25, 0.3) is 0 Å². The highest BCUT2D eigenvalue weighted by Crippen LogP contribution is 1.95. The lowest BCUT2D eigenvalue weighted by atomic mass is 10.2. The van der Waals surface area contributed by atoms with Crippen molar-refractivity contribution >= 4 is 12.0 Å². The summed E-state index contributed by atoms with van der Waals surface area (Å²) in [5.74, 6) is -0.330. The van der Waals surface area contributed by atoms with Gasteiger partial charge in [-0.15, -0.1) is 0 Å². The number of aliphatic hydroxyl groups is 2. The maximum absolute atomic E-state index is 11.2. The van der Waals surface area contributed by atoms with E-state index in [0.29, 0.717) is 6.42 Å². The third kappa shape index (κ3) is 4.94. The predicted octanol–water partition coefficient (Wildman–Crippen LogP) is -1.41. The lowest BCUT2D eigenvalue weighted by molar-refractivity contribution is -0.122. The number of nitrogens with one attached hydrogen (secondary N) is 2. The largest absolute Gasteiger partial charge is 0.441 e. The highest BCUT2D eigenvalue weighted by Gasteiger charge is 2.20. The molecule has 0 fully saturated rings. The van der Waals surface area contributed by atoms with Gasteiger partial charge in [0.15, 0.2) is 0 Å². The van der Waals surface area contributed by atoms with E-state index in [2.05, 4.69) is 15.4 Å². The van der Waals surface area contributed by atoms with Crippen molar-refractivity contribution in [3.8, 4) is 0 Å². The van der Waals surface area contributed by atoms with Gasteiger partial charge < -0.3 is 25.6 Å². The number of carbonyl (C=O) groups is 2. The van der Waals surface area contributed by atoms with Crippen molar-refractivity contribution in [3.05, 3.63) is 0 Å². The van der Waals surface area contributed by atoms with Gasteiger partial charge in [0.25, 0.3) is 0 Å². The average molecular weight is 234 g/mol. The number of aliphatic hydroxyl groups excluding tert-OH is 2.